The number of carbonyl (C=O) groups excluding carboxylic acids is 2. The molecular formula is C37H43F2N10O5SSi. The van der Waals surface area contributed by atoms with Gasteiger partial charge in [-0.15, -0.1) is 0 Å². The third-order valence-electron chi connectivity index (χ3n) is 10.7. The number of halogens is 2. The minimum atomic E-state index is -3.80. The van der Waals surface area contributed by atoms with Crippen molar-refractivity contribution in [3.05, 3.63) is 65.5 Å². The van der Waals surface area contributed by atoms with Crippen molar-refractivity contribution in [2.45, 2.75) is 68.2 Å². The Labute approximate surface area is 325 Å². The number of sulfonamides is 1. The number of imide groups is 1. The van der Waals surface area contributed by atoms with Gasteiger partial charge in [-0.2, -0.15) is 23.4 Å². The van der Waals surface area contributed by atoms with Crippen molar-refractivity contribution in [3.8, 4) is 11.8 Å². The van der Waals surface area contributed by atoms with Crippen LogP contribution in [0.1, 0.15) is 54.7 Å². The molecule has 2 aromatic carbocycles. The van der Waals surface area contributed by atoms with E-state index in [9.17, 15) is 32.0 Å². The Balaban J connectivity index is 0.923. The molecule has 3 aliphatic heterocycles. The van der Waals surface area contributed by atoms with Gasteiger partial charge in [-0.3, -0.25) is 19.7 Å². The number of nitrogens with one attached hydrogen (secondary N) is 2. The Bertz CT molecular complexity index is 2240. The summed E-state index contributed by atoms with van der Waals surface area (Å²) in [6, 6.07) is 13.5. The predicted molar refractivity (Wildman–Crippen MR) is 205 cm³/mol. The number of alkyl halides is 2. The van der Waals surface area contributed by atoms with Crippen molar-refractivity contribution in [3.63, 3.8) is 0 Å². The fraction of sp³-hybridized carbons (Fsp3) is 0.459. The predicted octanol–water partition coefficient (Wildman–Crippen LogP) is 4.17. The summed E-state index contributed by atoms with van der Waals surface area (Å²) in [5.74, 6) is 0.741. The van der Waals surface area contributed by atoms with Gasteiger partial charge in [-0.1, -0.05) is 12.6 Å². The number of amides is 3. The molecule has 0 saturated carbocycles. The second kappa shape index (κ2) is 16.6. The van der Waals surface area contributed by atoms with E-state index >= 15 is 0 Å². The van der Waals surface area contributed by atoms with Crippen molar-refractivity contribution >= 4 is 53.4 Å². The number of aryl methyl sites for hydroxylation is 1. The summed E-state index contributed by atoms with van der Waals surface area (Å²) < 4.78 is 59.9. The summed E-state index contributed by atoms with van der Waals surface area (Å²) in [7, 11) is -2.95. The lowest BCUT2D eigenvalue weighted by molar-refractivity contribution is -0.120. The highest BCUT2D eigenvalue weighted by molar-refractivity contribution is 7.89. The number of aromatic nitrogens is 4. The number of anilines is 2. The van der Waals surface area contributed by atoms with Crippen LogP contribution in [0, 0.1) is 11.3 Å². The number of rotatable bonds is 12. The monoisotopic (exact) mass is 805 g/mol. The van der Waals surface area contributed by atoms with E-state index in [1.54, 1.807) is 16.8 Å². The highest BCUT2D eigenvalue weighted by Gasteiger charge is 2.32. The van der Waals surface area contributed by atoms with Crippen molar-refractivity contribution in [2.24, 2.45) is 7.05 Å². The topological polar surface area (TPSA) is 179 Å². The third-order valence-corrected chi connectivity index (χ3v) is 14.6. The Kier molecular flexibility index (Phi) is 11.6. The standard InChI is InChI=1S/C37H43F2N10O5SSi/c1-46-32-18-25(4-6-31(32)34(45-46)49-16-11-33(50)44-37(49)51)24-7-12-47(13-8-24)23-56(2)22-27-17-30(5-3-26(27)19-40)55(52,53)48-14-9-28(10-15-48)43-36-41-20-29(21-42-36)54-35(38)39/h3-6,17-18,20-21,24,28,35H,7-16,22-23H2,1-2H3,(H,41,42,43)(H,44,50,51). The molecule has 7 rings (SSSR count). The van der Waals surface area contributed by atoms with Crippen LogP contribution in [0.4, 0.5) is 25.3 Å². The molecule has 3 aliphatic rings. The number of nitrogens with zero attached hydrogens (tertiary/aromatic N) is 8. The number of urea groups is 1. The van der Waals surface area contributed by atoms with E-state index in [-0.39, 0.29) is 48.1 Å². The maximum atomic E-state index is 13.8. The number of piperidine rings is 2. The molecule has 2 aromatic heterocycles. The molecule has 295 valence electrons. The number of likely N-dealkylation sites (tertiary alicyclic amines) is 1. The zero-order valence-corrected chi connectivity index (χ0v) is 32.9. The zero-order valence-electron chi connectivity index (χ0n) is 31.1. The second-order valence-electron chi connectivity index (χ2n) is 14.5. The maximum Gasteiger partial charge on any atom is 0.387 e. The molecule has 3 fully saturated rings. The molecule has 3 amide bonds. The zero-order chi connectivity index (χ0) is 39.6. The molecule has 0 aliphatic carbocycles. The first-order chi connectivity index (χ1) is 26.9. The fourth-order valence-corrected chi connectivity index (χ4v) is 11.4. The molecule has 19 heteroatoms. The van der Waals surface area contributed by atoms with Crippen LogP contribution in [0.25, 0.3) is 10.9 Å². The van der Waals surface area contributed by atoms with Crippen LogP contribution in [0.15, 0.2) is 53.7 Å². The van der Waals surface area contributed by atoms with Crippen molar-refractivity contribution in [1.29, 1.82) is 5.26 Å². The van der Waals surface area contributed by atoms with Crippen molar-refractivity contribution in [2.75, 3.05) is 49.1 Å². The Morgan fingerprint density at radius 2 is 1.77 bits per heavy atom. The van der Waals surface area contributed by atoms with Crippen LogP contribution >= 0.6 is 0 Å². The lowest BCUT2D eigenvalue weighted by Crippen LogP contribution is -2.49. The van der Waals surface area contributed by atoms with Gasteiger partial charge in [0.1, 0.15) is 0 Å². The van der Waals surface area contributed by atoms with Gasteiger partial charge in [0.2, 0.25) is 21.9 Å². The van der Waals surface area contributed by atoms with Crippen LogP contribution in [-0.2, 0) is 27.9 Å². The van der Waals surface area contributed by atoms with E-state index < -0.39 is 31.5 Å². The first kappa shape index (κ1) is 39.2. The number of hydrogen-bond donors (Lipinski definition) is 2. The van der Waals surface area contributed by atoms with E-state index in [1.165, 1.54) is 20.8 Å². The molecule has 5 heterocycles. The van der Waals surface area contributed by atoms with Crippen LogP contribution in [0.3, 0.4) is 0 Å². The number of benzene rings is 2. The number of ether oxygens (including phenoxy) is 1. The molecule has 0 unspecified atom stereocenters. The molecule has 2 N–H and O–H groups in total. The Hall–Kier alpha value is -5.03. The van der Waals surface area contributed by atoms with E-state index in [2.05, 4.69) is 60.1 Å². The lowest BCUT2D eigenvalue weighted by atomic mass is 9.89. The smallest absolute Gasteiger partial charge is 0.387 e. The number of hydrogen-bond acceptors (Lipinski definition) is 11. The van der Waals surface area contributed by atoms with Gasteiger partial charge in [-0.05, 0) is 98.4 Å². The maximum absolute atomic E-state index is 13.8. The SMILES string of the molecule is Cn1nc(N2CCC(=O)NC2=O)c2ccc(C3CCN(C[Si](C)Cc4cc(S(=O)(=O)N5CCC(Nc6ncc(OC(F)F)cn6)CC5)ccc4C#N)CC3)cc21. The van der Waals surface area contributed by atoms with Crippen molar-refractivity contribution < 1.29 is 31.5 Å². The van der Waals surface area contributed by atoms with Crippen LogP contribution in [-0.4, -0.2) is 110 Å². The van der Waals surface area contributed by atoms with Crippen LogP contribution in [0.5, 0.6) is 5.75 Å². The Morgan fingerprint density at radius 1 is 1.04 bits per heavy atom. The molecule has 3 saturated heterocycles. The van der Waals surface area contributed by atoms with Gasteiger partial charge in [0.05, 0.1) is 43.2 Å². The highest BCUT2D eigenvalue weighted by Crippen LogP contribution is 2.34. The van der Waals surface area contributed by atoms with Crippen molar-refractivity contribution in [1.82, 2.24) is 34.3 Å². The highest BCUT2D eigenvalue weighted by atomic mass is 32.2. The molecule has 0 spiro atoms. The molecule has 0 atom stereocenters. The molecule has 56 heavy (non-hydrogen) atoms. The normalized spacial score (nSPS) is 18.1. The largest absolute Gasteiger partial charge is 0.432 e. The summed E-state index contributed by atoms with van der Waals surface area (Å²) in [4.78, 5) is 36.3. The molecule has 4 aromatic rings. The molecule has 0 bridgehead atoms. The van der Waals surface area contributed by atoms with Crippen LogP contribution in [0.2, 0.25) is 6.55 Å². The second-order valence-corrected chi connectivity index (χ2v) is 19.1. The van der Waals surface area contributed by atoms with Gasteiger partial charge in [-0.25, -0.2) is 23.2 Å². The fourth-order valence-electron chi connectivity index (χ4n) is 7.77. The van der Waals surface area contributed by atoms with Gasteiger partial charge >= 0.3 is 12.6 Å². The van der Waals surface area contributed by atoms with E-state index in [0.29, 0.717) is 42.7 Å². The quantitative estimate of drug-likeness (QED) is 0.197. The van der Waals surface area contributed by atoms with E-state index in [4.69, 9.17) is 0 Å². The first-order valence-corrected chi connectivity index (χ1v) is 22.4. The van der Waals surface area contributed by atoms with Gasteiger partial charge < -0.3 is 15.0 Å². The minimum absolute atomic E-state index is 0.0988. The molecule has 1 radical (unpaired) electrons. The summed E-state index contributed by atoms with van der Waals surface area (Å²) >= 11 is 0. The van der Waals surface area contributed by atoms with E-state index in [0.717, 1.165) is 61.0 Å². The summed E-state index contributed by atoms with van der Waals surface area (Å²) in [6.07, 6.45) is 6.44. The number of carbonyl (C=O) groups is 2. The molecule has 15 nitrogen and oxygen atoms in total. The summed E-state index contributed by atoms with van der Waals surface area (Å²) in [5.41, 5.74) is 3.41. The van der Waals surface area contributed by atoms with Gasteiger partial charge in [0.25, 0.3) is 0 Å². The van der Waals surface area contributed by atoms with Gasteiger partial charge in [0.15, 0.2) is 11.6 Å². The first-order valence-electron chi connectivity index (χ1n) is 18.6. The van der Waals surface area contributed by atoms with Gasteiger partial charge in [0, 0.05) is 44.5 Å². The Morgan fingerprint density at radius 3 is 2.45 bits per heavy atom. The summed E-state index contributed by atoms with van der Waals surface area (Å²) in [5, 5.41) is 20.9. The third kappa shape index (κ3) is 8.67. The average Bonchev–Trinajstić information content (AvgIpc) is 3.50. The summed E-state index contributed by atoms with van der Waals surface area (Å²) in [6.45, 7) is 1.96. The lowest BCUT2D eigenvalue weighted by Gasteiger charge is -2.33. The minimum Gasteiger partial charge on any atom is -0.432 e. The molecular weight excluding hydrogens is 763 g/mol. The van der Waals surface area contributed by atoms with Crippen LogP contribution < -0.4 is 20.3 Å². The van der Waals surface area contributed by atoms with E-state index in [1.807, 2.05) is 13.1 Å². The number of fused-ring (bicyclic) bond motifs is 1. The average molecular weight is 806 g/mol. The number of nitriles is 1.